The van der Waals surface area contributed by atoms with E-state index in [9.17, 15) is 35.9 Å². The van der Waals surface area contributed by atoms with E-state index in [1.54, 1.807) is 0 Å². The summed E-state index contributed by atoms with van der Waals surface area (Å²) >= 11 is 0. The minimum absolute atomic E-state index is 0.0822. The molecule has 0 aliphatic rings. The van der Waals surface area contributed by atoms with Gasteiger partial charge in [-0.25, -0.2) is 4.68 Å². The fourth-order valence-electron chi connectivity index (χ4n) is 2.85. The summed E-state index contributed by atoms with van der Waals surface area (Å²) in [5.74, 6) is -1.73. The molecule has 1 aromatic heterocycles. The highest BCUT2D eigenvalue weighted by atomic mass is 19.4. The van der Waals surface area contributed by atoms with Crippen LogP contribution in [0, 0.1) is 6.92 Å². The van der Waals surface area contributed by atoms with Crippen LogP contribution in [0.4, 0.5) is 37.7 Å². The van der Waals surface area contributed by atoms with Crippen molar-refractivity contribution in [1.29, 1.82) is 0 Å². The number of rotatable bonds is 5. The Morgan fingerprint density at radius 2 is 1.64 bits per heavy atom. The molecule has 0 fully saturated rings. The largest absolute Gasteiger partial charge is 0.418 e. The van der Waals surface area contributed by atoms with Crippen LogP contribution in [0.15, 0.2) is 48.5 Å². The van der Waals surface area contributed by atoms with Crippen molar-refractivity contribution in [3.63, 3.8) is 0 Å². The molecule has 0 unspecified atom stereocenters. The Balaban J connectivity index is 1.71. The first-order chi connectivity index (χ1) is 15.4. The van der Waals surface area contributed by atoms with Gasteiger partial charge in [-0.05, 0) is 37.3 Å². The lowest BCUT2D eigenvalue weighted by Crippen LogP contribution is -2.22. The van der Waals surface area contributed by atoms with E-state index in [4.69, 9.17) is 0 Å². The maximum absolute atomic E-state index is 13.1. The van der Waals surface area contributed by atoms with Gasteiger partial charge in [0.1, 0.15) is 6.54 Å². The summed E-state index contributed by atoms with van der Waals surface area (Å²) < 4.78 is 78.7. The summed E-state index contributed by atoms with van der Waals surface area (Å²) in [5.41, 5.74) is -2.76. The van der Waals surface area contributed by atoms with E-state index in [0.717, 1.165) is 35.0 Å². The molecule has 0 aliphatic carbocycles. The number of nitrogens with zero attached hydrogens (tertiary/aromatic N) is 3. The van der Waals surface area contributed by atoms with Gasteiger partial charge in [0.15, 0.2) is 5.69 Å². The van der Waals surface area contributed by atoms with Gasteiger partial charge < -0.3 is 10.6 Å². The molecule has 0 saturated heterocycles. The van der Waals surface area contributed by atoms with Crippen LogP contribution in [0.25, 0.3) is 0 Å². The van der Waals surface area contributed by atoms with Crippen molar-refractivity contribution in [2.24, 2.45) is 0 Å². The first-order valence-electron chi connectivity index (χ1n) is 9.21. The minimum atomic E-state index is -4.68. The molecule has 3 aromatic rings. The van der Waals surface area contributed by atoms with E-state index >= 15 is 0 Å². The lowest BCUT2D eigenvalue weighted by Gasteiger charge is -2.13. The lowest BCUT2D eigenvalue weighted by atomic mass is 10.1. The standard InChI is InChI=1S/C20H15F6N5O2/c1-11-17(18(33)27-13-6-4-5-12(9-13)19(21,22)23)29-30-31(11)10-16(32)28-15-8-3-2-7-14(15)20(24,25)26/h2-9H,10H2,1H3,(H,27,33)(H,28,32). The van der Waals surface area contributed by atoms with Crippen molar-refractivity contribution < 1.29 is 35.9 Å². The molecule has 3 rings (SSSR count). The van der Waals surface area contributed by atoms with Crippen LogP contribution in [-0.2, 0) is 23.7 Å². The maximum Gasteiger partial charge on any atom is 0.418 e. The predicted molar refractivity (Wildman–Crippen MR) is 104 cm³/mol. The topological polar surface area (TPSA) is 88.9 Å². The molecule has 174 valence electrons. The van der Waals surface area contributed by atoms with E-state index < -0.39 is 47.5 Å². The Morgan fingerprint density at radius 1 is 0.939 bits per heavy atom. The second kappa shape index (κ2) is 8.92. The fourth-order valence-corrected chi connectivity index (χ4v) is 2.85. The molecule has 33 heavy (non-hydrogen) atoms. The van der Waals surface area contributed by atoms with Crippen molar-refractivity contribution >= 4 is 23.2 Å². The zero-order valence-electron chi connectivity index (χ0n) is 16.8. The molecule has 0 saturated carbocycles. The molecular formula is C20H15F6N5O2. The molecule has 0 atom stereocenters. The van der Waals surface area contributed by atoms with Gasteiger partial charge in [-0.15, -0.1) is 5.10 Å². The summed E-state index contributed by atoms with van der Waals surface area (Å²) in [6.45, 7) is 0.819. The van der Waals surface area contributed by atoms with E-state index in [1.165, 1.54) is 25.1 Å². The molecule has 0 radical (unpaired) electrons. The van der Waals surface area contributed by atoms with Crippen molar-refractivity contribution in [1.82, 2.24) is 15.0 Å². The highest BCUT2D eigenvalue weighted by molar-refractivity contribution is 6.03. The Hall–Kier alpha value is -3.90. The third-order valence-corrected chi connectivity index (χ3v) is 4.45. The third-order valence-electron chi connectivity index (χ3n) is 4.45. The summed E-state index contributed by atoms with van der Waals surface area (Å²) in [7, 11) is 0. The number of anilines is 2. The highest BCUT2D eigenvalue weighted by Crippen LogP contribution is 2.34. The summed E-state index contributed by atoms with van der Waals surface area (Å²) in [6.07, 6.45) is -9.28. The van der Waals surface area contributed by atoms with E-state index in [1.807, 2.05) is 0 Å². The summed E-state index contributed by atoms with van der Waals surface area (Å²) in [5, 5.41) is 11.6. The average Bonchev–Trinajstić information content (AvgIpc) is 3.07. The molecule has 2 aromatic carbocycles. The quantitative estimate of drug-likeness (QED) is 0.536. The molecule has 13 heteroatoms. The van der Waals surface area contributed by atoms with Crippen LogP contribution in [0.1, 0.15) is 27.3 Å². The third kappa shape index (κ3) is 5.67. The normalized spacial score (nSPS) is 11.8. The monoisotopic (exact) mass is 471 g/mol. The number of alkyl halides is 6. The van der Waals surface area contributed by atoms with E-state index in [0.29, 0.717) is 0 Å². The van der Waals surface area contributed by atoms with Crippen molar-refractivity contribution in [3.8, 4) is 0 Å². The predicted octanol–water partition coefficient (Wildman–Crippen LogP) is 4.52. The smallest absolute Gasteiger partial charge is 0.324 e. The van der Waals surface area contributed by atoms with Gasteiger partial charge in [0.2, 0.25) is 5.91 Å². The minimum Gasteiger partial charge on any atom is -0.324 e. The first kappa shape index (κ1) is 23.8. The van der Waals surface area contributed by atoms with Crippen molar-refractivity contribution in [2.75, 3.05) is 10.6 Å². The lowest BCUT2D eigenvalue weighted by molar-refractivity contribution is -0.138. The van der Waals surface area contributed by atoms with Crippen LogP contribution in [0.3, 0.4) is 0 Å². The Bertz CT molecular complexity index is 1190. The molecule has 2 amide bonds. The molecule has 2 N–H and O–H groups in total. The number of amides is 2. The van der Waals surface area contributed by atoms with Crippen LogP contribution in [0.5, 0.6) is 0 Å². The number of aromatic nitrogens is 3. The Kier molecular flexibility index (Phi) is 6.42. The molecule has 0 aliphatic heterocycles. The van der Waals surface area contributed by atoms with E-state index in [-0.39, 0.29) is 17.1 Å². The number of benzene rings is 2. The van der Waals surface area contributed by atoms with Crippen molar-refractivity contribution in [3.05, 3.63) is 71.0 Å². The van der Waals surface area contributed by atoms with Crippen LogP contribution >= 0.6 is 0 Å². The molecular weight excluding hydrogens is 456 g/mol. The van der Waals surface area contributed by atoms with Gasteiger partial charge in [0, 0.05) is 5.69 Å². The van der Waals surface area contributed by atoms with Crippen molar-refractivity contribution in [2.45, 2.75) is 25.8 Å². The number of halogens is 6. The Morgan fingerprint density at radius 3 is 2.30 bits per heavy atom. The SMILES string of the molecule is Cc1c(C(=O)Nc2cccc(C(F)(F)F)c2)nnn1CC(=O)Nc1ccccc1C(F)(F)F. The molecule has 1 heterocycles. The number of para-hydroxylation sites is 1. The fraction of sp³-hybridized carbons (Fsp3) is 0.200. The van der Waals surface area contributed by atoms with Gasteiger partial charge in [-0.3, -0.25) is 9.59 Å². The summed E-state index contributed by atoms with van der Waals surface area (Å²) in [6, 6.07) is 8.34. The molecule has 0 spiro atoms. The van der Waals surface area contributed by atoms with E-state index in [2.05, 4.69) is 20.9 Å². The van der Waals surface area contributed by atoms with Gasteiger partial charge in [0.05, 0.1) is 22.5 Å². The Labute approximate surface area is 182 Å². The maximum atomic E-state index is 13.1. The van der Waals surface area contributed by atoms with Gasteiger partial charge in [-0.2, -0.15) is 26.3 Å². The first-order valence-corrected chi connectivity index (χ1v) is 9.21. The molecule has 0 bridgehead atoms. The number of carbonyl (C=O) groups is 2. The van der Waals surface area contributed by atoms with Crippen LogP contribution in [0.2, 0.25) is 0 Å². The second-order valence-electron chi connectivity index (χ2n) is 6.81. The molecule has 7 nitrogen and oxygen atoms in total. The van der Waals surface area contributed by atoms with Crippen LogP contribution in [-0.4, -0.2) is 26.8 Å². The second-order valence-corrected chi connectivity index (χ2v) is 6.81. The number of nitrogens with one attached hydrogen (secondary N) is 2. The average molecular weight is 471 g/mol. The van der Waals surface area contributed by atoms with Crippen LogP contribution < -0.4 is 10.6 Å². The van der Waals surface area contributed by atoms with Gasteiger partial charge in [-0.1, -0.05) is 23.4 Å². The number of hydrogen-bond acceptors (Lipinski definition) is 4. The number of carbonyl (C=O) groups excluding carboxylic acids is 2. The zero-order valence-corrected chi connectivity index (χ0v) is 16.8. The number of hydrogen-bond donors (Lipinski definition) is 2. The van der Waals surface area contributed by atoms with Gasteiger partial charge in [0.25, 0.3) is 5.91 Å². The zero-order chi connectivity index (χ0) is 24.4. The van der Waals surface area contributed by atoms with Gasteiger partial charge >= 0.3 is 12.4 Å². The summed E-state index contributed by atoms with van der Waals surface area (Å²) in [4.78, 5) is 24.6. The highest BCUT2D eigenvalue weighted by Gasteiger charge is 2.34.